The molecule has 2 atom stereocenters. The number of hydrogen-bond acceptors (Lipinski definition) is 3. The van der Waals surface area contributed by atoms with E-state index in [4.69, 9.17) is 9.73 Å². The van der Waals surface area contributed by atoms with Crippen LogP contribution >= 0.6 is 0 Å². The van der Waals surface area contributed by atoms with Crippen LogP contribution in [0.25, 0.3) is 0 Å². The van der Waals surface area contributed by atoms with Gasteiger partial charge in [0.25, 0.3) is 0 Å². The molecule has 25 heavy (non-hydrogen) atoms. The van der Waals surface area contributed by atoms with E-state index in [1.807, 2.05) is 12.1 Å². The third-order valence-electron chi connectivity index (χ3n) is 4.56. The van der Waals surface area contributed by atoms with Gasteiger partial charge in [-0.25, -0.2) is 0 Å². The third kappa shape index (κ3) is 6.88. The molecule has 5 heteroatoms. The van der Waals surface area contributed by atoms with Crippen LogP contribution in [0.3, 0.4) is 0 Å². The van der Waals surface area contributed by atoms with E-state index in [2.05, 4.69) is 53.3 Å². The number of aliphatic imine (C=N–C) groups is 1. The summed E-state index contributed by atoms with van der Waals surface area (Å²) in [4.78, 5) is 7.27. The van der Waals surface area contributed by atoms with Gasteiger partial charge >= 0.3 is 0 Å². The summed E-state index contributed by atoms with van der Waals surface area (Å²) in [6.45, 7) is 11.6. The maximum atomic E-state index is 5.17. The molecule has 2 unspecified atom stereocenters. The number of rotatable bonds is 9. The van der Waals surface area contributed by atoms with Gasteiger partial charge < -0.3 is 20.3 Å². The van der Waals surface area contributed by atoms with E-state index in [0.29, 0.717) is 12.5 Å². The molecule has 0 bridgehead atoms. The molecule has 0 amide bonds. The van der Waals surface area contributed by atoms with Crippen LogP contribution in [0, 0.1) is 5.92 Å². The summed E-state index contributed by atoms with van der Waals surface area (Å²) in [6, 6.07) is 10.6. The molecule has 0 aliphatic carbocycles. The zero-order chi connectivity index (χ0) is 17.9. The van der Waals surface area contributed by atoms with Gasteiger partial charge in [-0.05, 0) is 31.4 Å². The van der Waals surface area contributed by atoms with E-state index in [1.165, 1.54) is 12.0 Å². The molecule has 0 spiro atoms. The van der Waals surface area contributed by atoms with Gasteiger partial charge in [0, 0.05) is 33.3 Å². The Hall–Kier alpha value is -1.85. The fourth-order valence-corrected chi connectivity index (χ4v) is 3.06. The van der Waals surface area contributed by atoms with Gasteiger partial charge in [0.2, 0.25) is 0 Å². The topological polar surface area (TPSA) is 48.9 Å². The van der Waals surface area contributed by atoms with Crippen molar-refractivity contribution in [3.63, 3.8) is 0 Å². The molecule has 2 rings (SSSR count). The number of nitrogens with one attached hydrogen (secondary N) is 2. The highest BCUT2D eigenvalue weighted by Gasteiger charge is 2.21. The molecular formula is C20H32N4O. The van der Waals surface area contributed by atoms with Crippen LogP contribution in [0.2, 0.25) is 0 Å². The molecule has 2 N–H and O–H groups in total. The van der Waals surface area contributed by atoms with Crippen molar-refractivity contribution in [3.05, 3.63) is 48.6 Å². The lowest BCUT2D eigenvalue weighted by Crippen LogP contribution is -2.39. The van der Waals surface area contributed by atoms with Crippen LogP contribution in [-0.4, -0.2) is 57.3 Å². The molecule has 5 nitrogen and oxygen atoms in total. The molecule has 0 radical (unpaired) electrons. The van der Waals surface area contributed by atoms with Crippen molar-refractivity contribution in [3.8, 4) is 0 Å². The molecule has 1 aliphatic rings. The fourth-order valence-electron chi connectivity index (χ4n) is 3.06. The first-order valence-corrected chi connectivity index (χ1v) is 9.15. The predicted molar refractivity (Wildman–Crippen MR) is 105 cm³/mol. The second kappa shape index (κ2) is 10.9. The summed E-state index contributed by atoms with van der Waals surface area (Å²) in [6.07, 6.45) is 3.06. The Morgan fingerprint density at radius 3 is 2.96 bits per heavy atom. The van der Waals surface area contributed by atoms with Crippen LogP contribution in [0.4, 0.5) is 0 Å². The zero-order valence-corrected chi connectivity index (χ0v) is 15.6. The summed E-state index contributed by atoms with van der Waals surface area (Å²) in [7, 11) is 1.76. The monoisotopic (exact) mass is 344 g/mol. The second-order valence-electron chi connectivity index (χ2n) is 6.58. The minimum absolute atomic E-state index is 0.207. The largest absolute Gasteiger partial charge is 0.383 e. The third-order valence-corrected chi connectivity index (χ3v) is 4.56. The Labute approximate surface area is 152 Å². The molecule has 1 aliphatic heterocycles. The number of methoxy groups -OCH3 is 1. The highest BCUT2D eigenvalue weighted by Crippen LogP contribution is 2.16. The van der Waals surface area contributed by atoms with Gasteiger partial charge in [-0.2, -0.15) is 0 Å². The summed E-state index contributed by atoms with van der Waals surface area (Å²) in [5, 5.41) is 6.82. The SMILES string of the molecule is C=CCNC(=NCC1CCN(CCOC)C1)NC(C)c1ccccc1. The van der Waals surface area contributed by atoms with Gasteiger partial charge in [-0.3, -0.25) is 4.99 Å². The van der Waals surface area contributed by atoms with Gasteiger partial charge in [-0.15, -0.1) is 6.58 Å². The molecule has 1 heterocycles. The first kappa shape index (κ1) is 19.5. The Balaban J connectivity index is 1.88. The van der Waals surface area contributed by atoms with Crippen molar-refractivity contribution in [2.75, 3.05) is 46.4 Å². The van der Waals surface area contributed by atoms with Gasteiger partial charge in [0.1, 0.15) is 0 Å². The maximum Gasteiger partial charge on any atom is 0.191 e. The summed E-state index contributed by atoms with van der Waals surface area (Å²) < 4.78 is 5.17. The lowest BCUT2D eigenvalue weighted by Gasteiger charge is -2.19. The maximum absolute atomic E-state index is 5.17. The molecule has 138 valence electrons. The Morgan fingerprint density at radius 1 is 1.44 bits per heavy atom. The standard InChI is InChI=1S/C20H32N4O/c1-4-11-21-20(23-17(2)19-8-6-5-7-9-19)22-15-18-10-12-24(16-18)13-14-25-3/h4-9,17-18H,1,10-16H2,2-3H3,(H2,21,22,23). The van der Waals surface area contributed by atoms with Crippen molar-refractivity contribution < 1.29 is 4.74 Å². The predicted octanol–water partition coefficient (Wildman–Crippen LogP) is 2.44. The van der Waals surface area contributed by atoms with E-state index >= 15 is 0 Å². The van der Waals surface area contributed by atoms with Crippen LogP contribution in [0.5, 0.6) is 0 Å². The van der Waals surface area contributed by atoms with E-state index in [9.17, 15) is 0 Å². The molecule has 1 aromatic carbocycles. The van der Waals surface area contributed by atoms with Crippen molar-refractivity contribution in [1.82, 2.24) is 15.5 Å². The van der Waals surface area contributed by atoms with E-state index in [1.54, 1.807) is 7.11 Å². The Morgan fingerprint density at radius 2 is 2.24 bits per heavy atom. The fraction of sp³-hybridized carbons (Fsp3) is 0.550. The summed E-state index contributed by atoms with van der Waals surface area (Å²) in [5.74, 6) is 1.47. The number of benzene rings is 1. The van der Waals surface area contributed by atoms with Crippen molar-refractivity contribution in [2.24, 2.45) is 10.9 Å². The quantitative estimate of drug-likeness (QED) is 0.410. The van der Waals surface area contributed by atoms with Crippen LogP contribution < -0.4 is 10.6 Å². The Bertz CT molecular complexity index is 532. The van der Waals surface area contributed by atoms with E-state index in [-0.39, 0.29) is 6.04 Å². The average Bonchev–Trinajstić information content (AvgIpc) is 3.10. The van der Waals surface area contributed by atoms with Crippen LogP contribution in [-0.2, 0) is 4.74 Å². The molecule has 0 saturated carbocycles. The molecule has 1 aromatic rings. The lowest BCUT2D eigenvalue weighted by molar-refractivity contribution is 0.159. The normalized spacial score (nSPS) is 19.6. The highest BCUT2D eigenvalue weighted by atomic mass is 16.5. The second-order valence-corrected chi connectivity index (χ2v) is 6.58. The molecule has 1 saturated heterocycles. The minimum atomic E-state index is 0.207. The van der Waals surface area contributed by atoms with Crippen molar-refractivity contribution >= 4 is 5.96 Å². The number of guanidine groups is 1. The van der Waals surface area contributed by atoms with Gasteiger partial charge in [0.05, 0.1) is 12.6 Å². The zero-order valence-electron chi connectivity index (χ0n) is 15.6. The first-order valence-electron chi connectivity index (χ1n) is 9.15. The molecular weight excluding hydrogens is 312 g/mol. The van der Waals surface area contributed by atoms with Crippen molar-refractivity contribution in [2.45, 2.75) is 19.4 Å². The van der Waals surface area contributed by atoms with Crippen molar-refractivity contribution in [1.29, 1.82) is 0 Å². The van der Waals surface area contributed by atoms with Gasteiger partial charge in [-0.1, -0.05) is 36.4 Å². The van der Waals surface area contributed by atoms with Gasteiger partial charge in [0.15, 0.2) is 5.96 Å². The smallest absolute Gasteiger partial charge is 0.191 e. The summed E-state index contributed by atoms with van der Waals surface area (Å²) in [5.41, 5.74) is 1.25. The van der Waals surface area contributed by atoms with E-state index in [0.717, 1.165) is 38.7 Å². The lowest BCUT2D eigenvalue weighted by atomic mass is 10.1. The van der Waals surface area contributed by atoms with Crippen LogP contribution in [0.1, 0.15) is 24.9 Å². The molecule has 1 fully saturated rings. The number of likely N-dealkylation sites (tertiary alicyclic amines) is 1. The Kier molecular flexibility index (Phi) is 8.49. The average molecular weight is 345 g/mol. The summed E-state index contributed by atoms with van der Waals surface area (Å²) >= 11 is 0. The number of hydrogen-bond donors (Lipinski definition) is 2. The number of ether oxygens (including phenoxy) is 1. The highest BCUT2D eigenvalue weighted by molar-refractivity contribution is 5.80. The first-order chi connectivity index (χ1) is 12.2. The minimum Gasteiger partial charge on any atom is -0.383 e. The number of nitrogens with zero attached hydrogens (tertiary/aromatic N) is 2. The molecule has 0 aromatic heterocycles. The van der Waals surface area contributed by atoms with Crippen LogP contribution in [0.15, 0.2) is 48.0 Å². The van der Waals surface area contributed by atoms with E-state index < -0.39 is 0 Å².